The fourth-order valence-corrected chi connectivity index (χ4v) is 4.05. The fourth-order valence-electron chi connectivity index (χ4n) is 2.99. The van der Waals surface area contributed by atoms with E-state index in [0.29, 0.717) is 30.3 Å². The van der Waals surface area contributed by atoms with E-state index in [0.717, 1.165) is 31.0 Å². The Morgan fingerprint density at radius 3 is 2.50 bits per heavy atom. The van der Waals surface area contributed by atoms with E-state index in [9.17, 15) is 26.4 Å². The molecule has 0 radical (unpaired) electrons. The molecule has 1 aliphatic heterocycles. The Labute approximate surface area is 172 Å². The summed E-state index contributed by atoms with van der Waals surface area (Å²) < 4.78 is 70.7. The van der Waals surface area contributed by atoms with Crippen molar-refractivity contribution in [3.05, 3.63) is 65.2 Å². The third kappa shape index (κ3) is 5.80. The molecule has 1 saturated heterocycles. The Bertz CT molecular complexity index is 986. The molecule has 2 N–H and O–H groups in total. The number of rotatable bonds is 7. The summed E-state index contributed by atoms with van der Waals surface area (Å²) in [6, 6.07) is 9.80. The van der Waals surface area contributed by atoms with Crippen LogP contribution in [-0.4, -0.2) is 33.6 Å². The molecule has 1 unspecified atom stereocenters. The number of carbonyl (C=O) groups is 1. The number of hydrogen-bond acceptors (Lipinski definition) is 4. The van der Waals surface area contributed by atoms with E-state index < -0.39 is 26.7 Å². The van der Waals surface area contributed by atoms with Crippen molar-refractivity contribution >= 4 is 15.9 Å². The molecule has 1 heterocycles. The lowest BCUT2D eigenvalue weighted by atomic mass is 10.1. The van der Waals surface area contributed by atoms with Gasteiger partial charge in [-0.05, 0) is 48.7 Å². The summed E-state index contributed by atoms with van der Waals surface area (Å²) in [7, 11) is -4.13. The summed E-state index contributed by atoms with van der Waals surface area (Å²) in [5.41, 5.74) is -0.0672. The number of halogens is 3. The van der Waals surface area contributed by atoms with Gasteiger partial charge in [0.15, 0.2) is 0 Å². The van der Waals surface area contributed by atoms with Crippen molar-refractivity contribution < 1.29 is 31.1 Å². The highest BCUT2D eigenvalue weighted by molar-refractivity contribution is 7.89. The molecule has 2 aromatic rings. The summed E-state index contributed by atoms with van der Waals surface area (Å²) in [5.74, 6) is -0.262. The largest absolute Gasteiger partial charge is 0.416 e. The van der Waals surface area contributed by atoms with E-state index in [-0.39, 0.29) is 18.6 Å². The first-order valence-electron chi connectivity index (χ1n) is 9.31. The van der Waals surface area contributed by atoms with Crippen molar-refractivity contribution in [1.82, 2.24) is 10.0 Å². The maximum Gasteiger partial charge on any atom is 0.416 e. The molecule has 1 amide bonds. The Morgan fingerprint density at radius 1 is 1.13 bits per heavy atom. The van der Waals surface area contributed by atoms with E-state index in [2.05, 4.69) is 10.0 Å². The van der Waals surface area contributed by atoms with Crippen LogP contribution in [0.3, 0.4) is 0 Å². The Hall–Kier alpha value is -2.43. The van der Waals surface area contributed by atoms with Crippen LogP contribution in [0.1, 0.15) is 34.3 Å². The van der Waals surface area contributed by atoms with Crippen LogP contribution in [0.5, 0.6) is 0 Å². The molecule has 0 aliphatic carbocycles. The van der Waals surface area contributed by atoms with Gasteiger partial charge in [-0.1, -0.05) is 18.2 Å². The average molecular weight is 442 g/mol. The van der Waals surface area contributed by atoms with Crippen LogP contribution in [0.2, 0.25) is 0 Å². The Kier molecular flexibility index (Phi) is 6.79. The van der Waals surface area contributed by atoms with Gasteiger partial charge in [-0.2, -0.15) is 13.2 Å². The summed E-state index contributed by atoms with van der Waals surface area (Å²) in [4.78, 5) is 11.7. The maximum atomic E-state index is 12.8. The van der Waals surface area contributed by atoms with E-state index in [1.807, 2.05) is 0 Å². The second kappa shape index (κ2) is 9.15. The first-order valence-corrected chi connectivity index (χ1v) is 10.8. The van der Waals surface area contributed by atoms with Crippen LogP contribution in [0, 0.1) is 0 Å². The number of nitrogens with one attached hydrogen (secondary N) is 2. The van der Waals surface area contributed by atoms with Crippen LogP contribution in [-0.2, 0) is 27.5 Å². The van der Waals surface area contributed by atoms with Gasteiger partial charge >= 0.3 is 6.18 Å². The number of hydrogen-bond donors (Lipinski definition) is 2. The molecule has 1 fully saturated rings. The van der Waals surface area contributed by atoms with Gasteiger partial charge in [0.2, 0.25) is 10.0 Å². The molecule has 1 atom stereocenters. The van der Waals surface area contributed by atoms with E-state index in [4.69, 9.17) is 4.74 Å². The topological polar surface area (TPSA) is 84.5 Å². The minimum Gasteiger partial charge on any atom is -0.376 e. The van der Waals surface area contributed by atoms with Crippen LogP contribution < -0.4 is 10.0 Å². The van der Waals surface area contributed by atoms with Crippen LogP contribution >= 0.6 is 0 Å². The molecule has 6 nitrogen and oxygen atoms in total. The van der Waals surface area contributed by atoms with Gasteiger partial charge in [0.25, 0.3) is 5.91 Å². The second-order valence-corrected chi connectivity index (χ2v) is 8.66. The highest BCUT2D eigenvalue weighted by Gasteiger charge is 2.31. The summed E-state index contributed by atoms with van der Waals surface area (Å²) >= 11 is 0. The summed E-state index contributed by atoms with van der Waals surface area (Å²) in [6.07, 6.45) is -2.72. The SMILES string of the molecule is O=C(NCC1CCCO1)c1ccc(CNS(=O)(=O)c2cccc(C(F)(F)F)c2)cc1. The number of sulfonamides is 1. The zero-order chi connectivity index (χ0) is 21.8. The molecule has 10 heteroatoms. The number of ether oxygens (including phenoxy) is 1. The molecule has 0 spiro atoms. The van der Waals surface area contributed by atoms with Crippen molar-refractivity contribution in [1.29, 1.82) is 0 Å². The van der Waals surface area contributed by atoms with Crippen LogP contribution in [0.15, 0.2) is 53.4 Å². The Morgan fingerprint density at radius 2 is 1.87 bits per heavy atom. The summed E-state index contributed by atoms with van der Waals surface area (Å²) in [5, 5.41) is 2.79. The van der Waals surface area contributed by atoms with Crippen LogP contribution in [0.4, 0.5) is 13.2 Å². The predicted molar refractivity (Wildman–Crippen MR) is 103 cm³/mol. The lowest BCUT2D eigenvalue weighted by molar-refractivity contribution is -0.137. The first kappa shape index (κ1) is 22.3. The van der Waals surface area contributed by atoms with Gasteiger partial charge in [0.05, 0.1) is 16.6 Å². The van der Waals surface area contributed by atoms with Crippen LogP contribution in [0.25, 0.3) is 0 Å². The van der Waals surface area contributed by atoms with Gasteiger partial charge in [-0.15, -0.1) is 0 Å². The lowest BCUT2D eigenvalue weighted by Gasteiger charge is -2.12. The fraction of sp³-hybridized carbons (Fsp3) is 0.350. The van der Waals surface area contributed by atoms with Crippen molar-refractivity contribution in [3.63, 3.8) is 0 Å². The highest BCUT2D eigenvalue weighted by Crippen LogP contribution is 2.30. The van der Waals surface area contributed by atoms with E-state index >= 15 is 0 Å². The third-order valence-electron chi connectivity index (χ3n) is 4.67. The molecular weight excluding hydrogens is 421 g/mol. The second-order valence-electron chi connectivity index (χ2n) is 6.89. The minimum absolute atomic E-state index is 0.0264. The number of carbonyl (C=O) groups excluding carboxylic acids is 1. The van der Waals surface area contributed by atoms with Crippen molar-refractivity contribution in [2.24, 2.45) is 0 Å². The third-order valence-corrected chi connectivity index (χ3v) is 6.07. The molecule has 0 aromatic heterocycles. The molecular formula is C20H21F3N2O4S. The number of alkyl halides is 3. The van der Waals surface area contributed by atoms with Gasteiger partial charge in [0, 0.05) is 25.3 Å². The number of benzene rings is 2. The Balaban J connectivity index is 1.58. The predicted octanol–water partition coefficient (Wildman–Crippen LogP) is 3.09. The van der Waals surface area contributed by atoms with Gasteiger partial charge in [-0.25, -0.2) is 13.1 Å². The van der Waals surface area contributed by atoms with Gasteiger partial charge in [0.1, 0.15) is 0 Å². The molecule has 3 rings (SSSR count). The molecule has 30 heavy (non-hydrogen) atoms. The monoisotopic (exact) mass is 442 g/mol. The van der Waals surface area contributed by atoms with Crippen molar-refractivity contribution in [2.45, 2.75) is 36.6 Å². The molecule has 0 saturated carbocycles. The first-order chi connectivity index (χ1) is 14.1. The highest BCUT2D eigenvalue weighted by atomic mass is 32.2. The zero-order valence-electron chi connectivity index (χ0n) is 15.9. The van der Waals surface area contributed by atoms with Crippen molar-refractivity contribution in [3.8, 4) is 0 Å². The minimum atomic E-state index is -4.63. The van der Waals surface area contributed by atoms with Crippen molar-refractivity contribution in [2.75, 3.05) is 13.2 Å². The summed E-state index contributed by atoms with van der Waals surface area (Å²) in [6.45, 7) is 0.999. The maximum absolute atomic E-state index is 12.8. The molecule has 0 bridgehead atoms. The standard InChI is InChI=1S/C20H21F3N2O4S/c21-20(22,23)16-3-1-5-18(11-16)30(27,28)25-12-14-6-8-15(9-7-14)19(26)24-13-17-4-2-10-29-17/h1,3,5-9,11,17,25H,2,4,10,12-13H2,(H,24,26). The lowest BCUT2D eigenvalue weighted by Crippen LogP contribution is -2.31. The molecule has 1 aliphatic rings. The van der Waals surface area contributed by atoms with E-state index in [1.165, 1.54) is 0 Å². The smallest absolute Gasteiger partial charge is 0.376 e. The quantitative estimate of drug-likeness (QED) is 0.690. The molecule has 162 valence electrons. The van der Waals surface area contributed by atoms with Gasteiger partial charge in [-0.3, -0.25) is 4.79 Å². The van der Waals surface area contributed by atoms with Gasteiger partial charge < -0.3 is 10.1 Å². The molecule has 2 aromatic carbocycles. The zero-order valence-corrected chi connectivity index (χ0v) is 16.7. The normalized spacial score (nSPS) is 17.1. The van der Waals surface area contributed by atoms with E-state index in [1.54, 1.807) is 24.3 Å². The number of amides is 1. The average Bonchev–Trinajstić information content (AvgIpc) is 3.24.